The lowest BCUT2D eigenvalue weighted by molar-refractivity contribution is 0.394. The highest BCUT2D eigenvalue weighted by atomic mass is 16.5. The van der Waals surface area contributed by atoms with Crippen LogP contribution in [0.1, 0.15) is 24.8 Å². The van der Waals surface area contributed by atoms with Crippen LogP contribution in [0.4, 0.5) is 0 Å². The standard InChI is InChI=1S/C13H21NO2/c1-10(7-8-14-2)12-9-11(15-3)5-6-13(12)16-4/h5-6,9-10,14H,7-8H2,1-4H3. The van der Waals surface area contributed by atoms with Gasteiger partial charge in [-0.2, -0.15) is 0 Å². The van der Waals surface area contributed by atoms with E-state index in [1.165, 1.54) is 5.56 Å². The van der Waals surface area contributed by atoms with Crippen molar-refractivity contribution in [3.63, 3.8) is 0 Å². The molecule has 16 heavy (non-hydrogen) atoms. The third-order valence-electron chi connectivity index (χ3n) is 2.80. The first-order valence-corrected chi connectivity index (χ1v) is 5.59. The van der Waals surface area contributed by atoms with E-state index in [2.05, 4.69) is 18.3 Å². The molecule has 0 amide bonds. The average molecular weight is 223 g/mol. The van der Waals surface area contributed by atoms with Crippen molar-refractivity contribution in [1.29, 1.82) is 0 Å². The molecule has 1 N–H and O–H groups in total. The number of rotatable bonds is 6. The summed E-state index contributed by atoms with van der Waals surface area (Å²) in [4.78, 5) is 0. The number of ether oxygens (including phenoxy) is 2. The van der Waals surface area contributed by atoms with Crippen LogP contribution in [0.5, 0.6) is 11.5 Å². The highest BCUT2D eigenvalue weighted by molar-refractivity contribution is 5.42. The van der Waals surface area contributed by atoms with Gasteiger partial charge in [-0.25, -0.2) is 0 Å². The lowest BCUT2D eigenvalue weighted by atomic mass is 9.96. The Hall–Kier alpha value is -1.22. The predicted octanol–water partition coefficient (Wildman–Crippen LogP) is 2.42. The number of benzene rings is 1. The summed E-state index contributed by atoms with van der Waals surface area (Å²) >= 11 is 0. The molecule has 0 aliphatic carbocycles. The molecule has 0 fully saturated rings. The molecule has 0 radical (unpaired) electrons. The molecule has 1 aromatic rings. The molecule has 0 spiro atoms. The van der Waals surface area contributed by atoms with Crippen LogP contribution < -0.4 is 14.8 Å². The van der Waals surface area contributed by atoms with Gasteiger partial charge in [0.05, 0.1) is 14.2 Å². The number of nitrogens with one attached hydrogen (secondary N) is 1. The summed E-state index contributed by atoms with van der Waals surface area (Å²) < 4.78 is 10.6. The van der Waals surface area contributed by atoms with Gasteiger partial charge in [0.2, 0.25) is 0 Å². The maximum absolute atomic E-state index is 5.37. The molecule has 1 atom stereocenters. The van der Waals surface area contributed by atoms with Crippen LogP contribution >= 0.6 is 0 Å². The molecule has 1 rings (SSSR count). The second-order valence-corrected chi connectivity index (χ2v) is 3.90. The maximum Gasteiger partial charge on any atom is 0.122 e. The first kappa shape index (κ1) is 12.8. The second kappa shape index (κ2) is 6.38. The molecule has 3 nitrogen and oxygen atoms in total. The van der Waals surface area contributed by atoms with Crippen LogP contribution in [0, 0.1) is 0 Å². The molecule has 1 aromatic carbocycles. The summed E-state index contributed by atoms with van der Waals surface area (Å²) in [7, 11) is 5.36. The maximum atomic E-state index is 5.37. The van der Waals surface area contributed by atoms with E-state index in [-0.39, 0.29) is 0 Å². The van der Waals surface area contributed by atoms with Gasteiger partial charge in [0.1, 0.15) is 11.5 Å². The third-order valence-corrected chi connectivity index (χ3v) is 2.80. The van der Waals surface area contributed by atoms with Crippen molar-refractivity contribution in [2.45, 2.75) is 19.3 Å². The van der Waals surface area contributed by atoms with E-state index < -0.39 is 0 Å². The Morgan fingerprint density at radius 3 is 2.56 bits per heavy atom. The number of hydrogen-bond acceptors (Lipinski definition) is 3. The molecule has 0 bridgehead atoms. The Morgan fingerprint density at radius 2 is 2.00 bits per heavy atom. The lowest BCUT2D eigenvalue weighted by Gasteiger charge is -2.16. The smallest absolute Gasteiger partial charge is 0.122 e. The molecule has 0 aliphatic heterocycles. The first-order chi connectivity index (χ1) is 7.72. The fraction of sp³-hybridized carbons (Fsp3) is 0.538. The number of methoxy groups -OCH3 is 2. The van der Waals surface area contributed by atoms with E-state index >= 15 is 0 Å². The van der Waals surface area contributed by atoms with Gasteiger partial charge in [0, 0.05) is 5.56 Å². The quantitative estimate of drug-likeness (QED) is 0.803. The van der Waals surface area contributed by atoms with Crippen molar-refractivity contribution in [3.05, 3.63) is 23.8 Å². The van der Waals surface area contributed by atoms with Gasteiger partial charge in [-0.15, -0.1) is 0 Å². The average Bonchev–Trinajstić information content (AvgIpc) is 2.35. The summed E-state index contributed by atoms with van der Waals surface area (Å²) in [5.74, 6) is 2.27. The van der Waals surface area contributed by atoms with Crippen molar-refractivity contribution in [2.24, 2.45) is 0 Å². The van der Waals surface area contributed by atoms with E-state index in [0.717, 1.165) is 24.5 Å². The van der Waals surface area contributed by atoms with Gasteiger partial charge >= 0.3 is 0 Å². The predicted molar refractivity (Wildman–Crippen MR) is 66.5 cm³/mol. The van der Waals surface area contributed by atoms with E-state index in [1.54, 1.807) is 14.2 Å². The Morgan fingerprint density at radius 1 is 1.25 bits per heavy atom. The summed E-state index contributed by atoms with van der Waals surface area (Å²) in [6.45, 7) is 3.20. The Balaban J connectivity index is 2.89. The van der Waals surface area contributed by atoms with E-state index in [9.17, 15) is 0 Å². The Kier molecular flexibility index (Phi) is 5.12. The van der Waals surface area contributed by atoms with Gasteiger partial charge in [0.15, 0.2) is 0 Å². The molecule has 0 aliphatic rings. The monoisotopic (exact) mass is 223 g/mol. The fourth-order valence-corrected chi connectivity index (χ4v) is 1.74. The summed E-state index contributed by atoms with van der Waals surface area (Å²) in [5, 5.41) is 3.16. The lowest BCUT2D eigenvalue weighted by Crippen LogP contribution is -2.11. The topological polar surface area (TPSA) is 30.5 Å². The molecule has 1 unspecified atom stereocenters. The molecule has 0 aromatic heterocycles. The SMILES string of the molecule is CNCCC(C)c1cc(OC)ccc1OC. The van der Waals surface area contributed by atoms with Crippen LogP contribution in [0.15, 0.2) is 18.2 Å². The van der Waals surface area contributed by atoms with Crippen molar-refractivity contribution in [1.82, 2.24) is 5.32 Å². The van der Waals surface area contributed by atoms with Crippen molar-refractivity contribution in [2.75, 3.05) is 27.8 Å². The first-order valence-electron chi connectivity index (χ1n) is 5.59. The molecule has 3 heteroatoms. The Labute approximate surface area is 97.8 Å². The zero-order valence-electron chi connectivity index (χ0n) is 10.5. The van der Waals surface area contributed by atoms with E-state index in [0.29, 0.717) is 5.92 Å². The van der Waals surface area contributed by atoms with E-state index in [1.807, 2.05) is 19.2 Å². The van der Waals surface area contributed by atoms with Crippen molar-refractivity contribution >= 4 is 0 Å². The Bertz CT molecular complexity index is 326. The van der Waals surface area contributed by atoms with Crippen LogP contribution in [-0.2, 0) is 0 Å². The highest BCUT2D eigenvalue weighted by Crippen LogP contribution is 2.31. The van der Waals surface area contributed by atoms with Crippen molar-refractivity contribution < 1.29 is 9.47 Å². The summed E-state index contributed by atoms with van der Waals surface area (Å²) in [6, 6.07) is 5.94. The zero-order valence-corrected chi connectivity index (χ0v) is 10.5. The third kappa shape index (κ3) is 3.14. The van der Waals surface area contributed by atoms with Crippen LogP contribution in [0.2, 0.25) is 0 Å². The van der Waals surface area contributed by atoms with Crippen LogP contribution in [-0.4, -0.2) is 27.8 Å². The fourth-order valence-electron chi connectivity index (χ4n) is 1.74. The molecular formula is C13H21NO2. The molecule has 0 saturated carbocycles. The van der Waals surface area contributed by atoms with Gasteiger partial charge in [0.25, 0.3) is 0 Å². The minimum Gasteiger partial charge on any atom is -0.497 e. The van der Waals surface area contributed by atoms with Gasteiger partial charge in [-0.3, -0.25) is 0 Å². The molecule has 0 saturated heterocycles. The van der Waals surface area contributed by atoms with Crippen LogP contribution in [0.3, 0.4) is 0 Å². The molecule has 90 valence electrons. The highest BCUT2D eigenvalue weighted by Gasteiger charge is 2.12. The molecular weight excluding hydrogens is 202 g/mol. The van der Waals surface area contributed by atoms with Crippen molar-refractivity contribution in [3.8, 4) is 11.5 Å². The number of hydrogen-bond donors (Lipinski definition) is 1. The summed E-state index contributed by atoms with van der Waals surface area (Å²) in [6.07, 6.45) is 1.08. The van der Waals surface area contributed by atoms with Gasteiger partial charge in [-0.1, -0.05) is 6.92 Å². The van der Waals surface area contributed by atoms with Crippen LogP contribution in [0.25, 0.3) is 0 Å². The van der Waals surface area contributed by atoms with Gasteiger partial charge in [-0.05, 0) is 44.1 Å². The summed E-state index contributed by atoms with van der Waals surface area (Å²) in [5.41, 5.74) is 1.21. The zero-order chi connectivity index (χ0) is 12.0. The normalized spacial score (nSPS) is 12.2. The van der Waals surface area contributed by atoms with E-state index in [4.69, 9.17) is 9.47 Å². The minimum absolute atomic E-state index is 0.456. The minimum atomic E-state index is 0.456. The largest absolute Gasteiger partial charge is 0.497 e. The molecule has 0 heterocycles. The second-order valence-electron chi connectivity index (χ2n) is 3.90. The van der Waals surface area contributed by atoms with Gasteiger partial charge < -0.3 is 14.8 Å².